The van der Waals surface area contributed by atoms with Crippen LogP contribution in [0.4, 0.5) is 0 Å². The highest BCUT2D eigenvalue weighted by molar-refractivity contribution is 5.83. The van der Waals surface area contributed by atoms with Gasteiger partial charge in [-0.2, -0.15) is 0 Å². The summed E-state index contributed by atoms with van der Waals surface area (Å²) in [5.74, 6) is 1.09. The van der Waals surface area contributed by atoms with Crippen molar-refractivity contribution < 1.29 is 14.3 Å². The molecular weight excluding hydrogens is 376 g/mol. The van der Waals surface area contributed by atoms with Crippen molar-refractivity contribution in [2.45, 2.75) is 26.7 Å². The SMILES string of the molecule is COc1ccccc1-c1ccccc1CC1CN(C(=O)CC(C)C)CCN(C)C1=O. The number of hydrogen-bond donors (Lipinski definition) is 0. The smallest absolute Gasteiger partial charge is 0.227 e. The van der Waals surface area contributed by atoms with Crippen molar-refractivity contribution in [3.8, 4) is 16.9 Å². The lowest BCUT2D eigenvalue weighted by molar-refractivity contribution is -0.134. The molecule has 1 fully saturated rings. The molecule has 1 unspecified atom stereocenters. The molecule has 0 spiro atoms. The molecular formula is C25H32N2O3. The van der Waals surface area contributed by atoms with Crippen LogP contribution in [0.1, 0.15) is 25.8 Å². The Morgan fingerprint density at radius 1 is 1.07 bits per heavy atom. The number of carbonyl (C=O) groups excluding carboxylic acids is 2. The van der Waals surface area contributed by atoms with Crippen LogP contribution in [-0.4, -0.2) is 55.4 Å². The first kappa shape index (κ1) is 21.9. The van der Waals surface area contributed by atoms with Crippen LogP contribution in [0.25, 0.3) is 11.1 Å². The molecule has 0 radical (unpaired) electrons. The van der Waals surface area contributed by atoms with Crippen molar-refractivity contribution >= 4 is 11.8 Å². The number of carbonyl (C=O) groups is 2. The quantitative estimate of drug-likeness (QED) is 0.729. The maximum Gasteiger partial charge on any atom is 0.227 e. The lowest BCUT2D eigenvalue weighted by atomic mass is 9.91. The van der Waals surface area contributed by atoms with Crippen LogP contribution in [0.2, 0.25) is 0 Å². The summed E-state index contributed by atoms with van der Waals surface area (Å²) < 4.78 is 5.56. The molecule has 1 aliphatic heterocycles. The van der Waals surface area contributed by atoms with Crippen LogP contribution in [0.3, 0.4) is 0 Å². The van der Waals surface area contributed by atoms with Crippen molar-refractivity contribution in [1.29, 1.82) is 0 Å². The average Bonchev–Trinajstić information content (AvgIpc) is 2.87. The summed E-state index contributed by atoms with van der Waals surface area (Å²) in [6, 6.07) is 16.1. The van der Waals surface area contributed by atoms with Gasteiger partial charge < -0.3 is 14.5 Å². The number of nitrogens with zero attached hydrogens (tertiary/aromatic N) is 2. The Labute approximate surface area is 179 Å². The normalized spacial score (nSPS) is 17.2. The second-order valence-electron chi connectivity index (χ2n) is 8.46. The van der Waals surface area contributed by atoms with Crippen molar-refractivity contribution in [1.82, 2.24) is 9.80 Å². The number of benzene rings is 2. The van der Waals surface area contributed by atoms with Crippen molar-refractivity contribution in [2.24, 2.45) is 11.8 Å². The summed E-state index contributed by atoms with van der Waals surface area (Å²) in [6.45, 7) is 5.74. The fraction of sp³-hybridized carbons (Fsp3) is 0.440. The Kier molecular flexibility index (Phi) is 7.14. The van der Waals surface area contributed by atoms with E-state index in [1.54, 1.807) is 12.0 Å². The van der Waals surface area contributed by atoms with E-state index < -0.39 is 0 Å². The molecule has 0 aliphatic carbocycles. The van der Waals surface area contributed by atoms with Crippen molar-refractivity contribution in [2.75, 3.05) is 33.8 Å². The molecule has 0 aromatic heterocycles. The molecule has 1 aliphatic rings. The summed E-state index contributed by atoms with van der Waals surface area (Å²) >= 11 is 0. The molecule has 160 valence electrons. The Morgan fingerprint density at radius 2 is 1.73 bits per heavy atom. The van der Waals surface area contributed by atoms with Crippen LogP contribution in [0.5, 0.6) is 5.75 Å². The van der Waals surface area contributed by atoms with Crippen LogP contribution < -0.4 is 4.74 Å². The van der Waals surface area contributed by atoms with Gasteiger partial charge in [-0.15, -0.1) is 0 Å². The molecule has 5 nitrogen and oxygen atoms in total. The minimum atomic E-state index is -0.260. The van der Waals surface area contributed by atoms with Gasteiger partial charge in [0.15, 0.2) is 0 Å². The van der Waals surface area contributed by atoms with E-state index in [0.717, 1.165) is 22.4 Å². The van der Waals surface area contributed by atoms with Gasteiger partial charge in [0.25, 0.3) is 0 Å². The number of hydrogen-bond acceptors (Lipinski definition) is 3. The molecule has 1 saturated heterocycles. The zero-order valence-corrected chi connectivity index (χ0v) is 18.4. The summed E-state index contributed by atoms with van der Waals surface area (Å²) in [4.78, 5) is 29.4. The van der Waals surface area contributed by atoms with Gasteiger partial charge in [-0.05, 0) is 29.5 Å². The van der Waals surface area contributed by atoms with Gasteiger partial charge in [-0.1, -0.05) is 56.3 Å². The maximum atomic E-state index is 13.1. The van der Waals surface area contributed by atoms with Crippen LogP contribution in [0, 0.1) is 11.8 Å². The van der Waals surface area contributed by atoms with Gasteiger partial charge in [0, 0.05) is 38.7 Å². The molecule has 1 atom stereocenters. The predicted molar refractivity (Wildman–Crippen MR) is 119 cm³/mol. The van der Waals surface area contributed by atoms with E-state index in [1.807, 2.05) is 62.2 Å². The third kappa shape index (κ3) is 5.02. The van der Waals surface area contributed by atoms with E-state index >= 15 is 0 Å². The monoisotopic (exact) mass is 408 g/mol. The molecule has 5 heteroatoms. The number of ether oxygens (including phenoxy) is 1. The number of rotatable bonds is 6. The molecule has 0 saturated carbocycles. The van der Waals surface area contributed by atoms with Crippen molar-refractivity contribution in [3.63, 3.8) is 0 Å². The molecule has 2 aromatic carbocycles. The standard InChI is InChI=1S/C25H32N2O3/c1-18(2)15-24(28)27-14-13-26(3)25(29)20(17-27)16-19-9-5-6-10-21(19)22-11-7-8-12-23(22)30-4/h5-12,18,20H,13-17H2,1-4H3. The van der Waals surface area contributed by atoms with Gasteiger partial charge in [-0.25, -0.2) is 0 Å². The Hall–Kier alpha value is -2.82. The molecule has 3 rings (SSSR count). The van der Waals surface area contributed by atoms with E-state index in [9.17, 15) is 9.59 Å². The second-order valence-corrected chi connectivity index (χ2v) is 8.46. The van der Waals surface area contributed by atoms with Gasteiger partial charge >= 0.3 is 0 Å². The van der Waals surface area contributed by atoms with Gasteiger partial charge in [-0.3, -0.25) is 9.59 Å². The van der Waals surface area contributed by atoms with E-state index in [2.05, 4.69) is 12.1 Å². The minimum Gasteiger partial charge on any atom is -0.496 e. The summed E-state index contributed by atoms with van der Waals surface area (Å²) in [5.41, 5.74) is 3.17. The average molecular weight is 409 g/mol. The van der Waals surface area contributed by atoms with E-state index in [1.165, 1.54) is 0 Å². The molecule has 0 bridgehead atoms. The lowest BCUT2D eigenvalue weighted by Gasteiger charge is -2.25. The third-order valence-corrected chi connectivity index (χ3v) is 5.69. The molecule has 2 amide bonds. The fourth-order valence-corrected chi connectivity index (χ4v) is 4.08. The van der Waals surface area contributed by atoms with Crippen LogP contribution in [-0.2, 0) is 16.0 Å². The number of para-hydroxylation sites is 1. The largest absolute Gasteiger partial charge is 0.496 e. The Balaban J connectivity index is 1.90. The second kappa shape index (κ2) is 9.79. The third-order valence-electron chi connectivity index (χ3n) is 5.69. The highest BCUT2D eigenvalue weighted by Crippen LogP contribution is 2.33. The first-order valence-corrected chi connectivity index (χ1v) is 10.6. The molecule has 30 heavy (non-hydrogen) atoms. The maximum absolute atomic E-state index is 13.1. The number of likely N-dealkylation sites (N-methyl/N-ethyl adjacent to an activating group) is 1. The predicted octanol–water partition coefficient (Wildman–Crippen LogP) is 3.87. The molecule has 1 heterocycles. The summed E-state index contributed by atoms with van der Waals surface area (Å²) in [5, 5.41) is 0. The molecule has 0 N–H and O–H groups in total. The first-order valence-electron chi connectivity index (χ1n) is 10.6. The van der Waals surface area contributed by atoms with Crippen LogP contribution in [0.15, 0.2) is 48.5 Å². The Bertz CT molecular complexity index is 893. The van der Waals surface area contributed by atoms with Crippen LogP contribution >= 0.6 is 0 Å². The van der Waals surface area contributed by atoms with Gasteiger partial charge in [0.2, 0.25) is 11.8 Å². The zero-order chi connectivity index (χ0) is 21.7. The van der Waals surface area contributed by atoms with E-state index in [4.69, 9.17) is 4.74 Å². The van der Waals surface area contributed by atoms with E-state index in [0.29, 0.717) is 38.4 Å². The zero-order valence-electron chi connectivity index (χ0n) is 18.4. The summed E-state index contributed by atoms with van der Waals surface area (Å²) in [7, 11) is 3.50. The van der Waals surface area contributed by atoms with Gasteiger partial charge in [0.05, 0.1) is 13.0 Å². The van der Waals surface area contributed by atoms with Gasteiger partial charge in [0.1, 0.15) is 5.75 Å². The number of methoxy groups -OCH3 is 1. The highest BCUT2D eigenvalue weighted by Gasteiger charge is 2.31. The first-order chi connectivity index (χ1) is 14.4. The van der Waals surface area contributed by atoms with E-state index in [-0.39, 0.29) is 17.7 Å². The van der Waals surface area contributed by atoms with Crippen molar-refractivity contribution in [3.05, 3.63) is 54.1 Å². The summed E-state index contributed by atoms with van der Waals surface area (Å²) in [6.07, 6.45) is 1.10. The fourth-order valence-electron chi connectivity index (χ4n) is 4.08. The number of amides is 2. The highest BCUT2D eigenvalue weighted by atomic mass is 16.5. The topological polar surface area (TPSA) is 49.9 Å². The minimum absolute atomic E-state index is 0.102. The lowest BCUT2D eigenvalue weighted by Crippen LogP contribution is -2.37. The molecule has 2 aromatic rings. The Morgan fingerprint density at radius 3 is 2.43 bits per heavy atom.